The van der Waals surface area contributed by atoms with E-state index in [4.69, 9.17) is 9.47 Å². The maximum atomic E-state index is 14.2. The molecule has 2 saturated heterocycles. The second-order valence-electron chi connectivity index (χ2n) is 6.86. The van der Waals surface area contributed by atoms with Gasteiger partial charge in [0.15, 0.2) is 0 Å². The van der Waals surface area contributed by atoms with E-state index in [1.54, 1.807) is 6.07 Å². The lowest BCUT2D eigenvalue weighted by Crippen LogP contribution is -2.35. The first-order valence-corrected chi connectivity index (χ1v) is 9.24. The molecule has 25 heavy (non-hydrogen) atoms. The number of piperidine rings is 1. The number of ether oxygens (including phenoxy) is 2. The maximum absolute atomic E-state index is 14.2. The second-order valence-corrected chi connectivity index (χ2v) is 6.86. The summed E-state index contributed by atoms with van der Waals surface area (Å²) in [6.07, 6.45) is 5.34. The fourth-order valence-corrected chi connectivity index (χ4v) is 3.41. The second kappa shape index (κ2) is 9.15. The topological polar surface area (TPSA) is 59.6 Å². The van der Waals surface area contributed by atoms with Crippen molar-refractivity contribution in [1.82, 2.24) is 10.6 Å². The van der Waals surface area contributed by atoms with Crippen LogP contribution in [0.15, 0.2) is 18.2 Å². The van der Waals surface area contributed by atoms with Crippen molar-refractivity contribution in [3.8, 4) is 5.75 Å². The van der Waals surface area contributed by atoms with Crippen molar-refractivity contribution in [3.63, 3.8) is 0 Å². The lowest BCUT2D eigenvalue weighted by Gasteiger charge is -2.22. The fraction of sp³-hybridized carbons (Fsp3) is 0.632. The molecule has 0 radical (unpaired) electrons. The van der Waals surface area contributed by atoms with E-state index in [0.717, 1.165) is 38.3 Å². The predicted octanol–water partition coefficient (Wildman–Crippen LogP) is 2.50. The minimum absolute atomic E-state index is 0.0298. The quantitative estimate of drug-likeness (QED) is 0.742. The minimum Gasteiger partial charge on any atom is -0.493 e. The van der Waals surface area contributed by atoms with Gasteiger partial charge in [-0.1, -0.05) is 0 Å². The number of carbonyl (C=O) groups is 1. The van der Waals surface area contributed by atoms with Gasteiger partial charge in [-0.2, -0.15) is 0 Å². The number of amides is 1. The van der Waals surface area contributed by atoms with Crippen LogP contribution < -0.4 is 15.4 Å². The standard InChI is InChI=1S/C19H27FN2O3/c20-18-12-16(25-10-1-2-14-5-8-21-9-6-14)3-4-17(18)19(23)22-15-7-11-24-13-15/h3-4,12,14-15,21H,1-2,5-11,13H2,(H,22,23)/t15-/m1/s1. The van der Waals surface area contributed by atoms with Crippen molar-refractivity contribution in [2.75, 3.05) is 32.9 Å². The lowest BCUT2D eigenvalue weighted by molar-refractivity contribution is 0.0925. The molecule has 0 bridgehead atoms. The molecule has 6 heteroatoms. The lowest BCUT2D eigenvalue weighted by atomic mass is 9.93. The van der Waals surface area contributed by atoms with E-state index in [9.17, 15) is 9.18 Å². The van der Waals surface area contributed by atoms with Gasteiger partial charge in [0.1, 0.15) is 11.6 Å². The number of hydrogen-bond acceptors (Lipinski definition) is 4. The van der Waals surface area contributed by atoms with Gasteiger partial charge in [0.2, 0.25) is 0 Å². The summed E-state index contributed by atoms with van der Waals surface area (Å²) in [6, 6.07) is 4.42. The summed E-state index contributed by atoms with van der Waals surface area (Å²) in [5.41, 5.74) is 0.0500. The van der Waals surface area contributed by atoms with Gasteiger partial charge in [-0.3, -0.25) is 4.79 Å². The molecule has 2 aliphatic heterocycles. The number of carbonyl (C=O) groups excluding carboxylic acids is 1. The van der Waals surface area contributed by atoms with Crippen LogP contribution in [0.1, 0.15) is 42.5 Å². The van der Waals surface area contributed by atoms with Crippen LogP contribution in [0.5, 0.6) is 5.75 Å². The molecule has 2 aliphatic rings. The summed E-state index contributed by atoms with van der Waals surface area (Å²) >= 11 is 0. The zero-order valence-corrected chi connectivity index (χ0v) is 14.6. The molecule has 0 spiro atoms. The van der Waals surface area contributed by atoms with E-state index < -0.39 is 11.7 Å². The van der Waals surface area contributed by atoms with Gasteiger partial charge < -0.3 is 20.1 Å². The Morgan fingerprint density at radius 3 is 2.88 bits per heavy atom. The minimum atomic E-state index is -0.549. The summed E-state index contributed by atoms with van der Waals surface area (Å²) in [7, 11) is 0. The van der Waals surface area contributed by atoms with Gasteiger partial charge in [0.25, 0.3) is 5.91 Å². The zero-order valence-electron chi connectivity index (χ0n) is 14.6. The SMILES string of the molecule is O=C(N[C@@H]1CCOC1)c1ccc(OCCCC2CCNCC2)cc1F. The summed E-state index contributed by atoms with van der Waals surface area (Å²) in [4.78, 5) is 12.1. The summed E-state index contributed by atoms with van der Waals surface area (Å²) in [5.74, 6) is 0.300. The molecular formula is C19H27FN2O3. The van der Waals surface area contributed by atoms with Crippen molar-refractivity contribution in [3.05, 3.63) is 29.6 Å². The van der Waals surface area contributed by atoms with Crippen molar-refractivity contribution < 1.29 is 18.7 Å². The van der Waals surface area contributed by atoms with E-state index in [1.807, 2.05) is 0 Å². The molecule has 138 valence electrons. The zero-order chi connectivity index (χ0) is 17.5. The Morgan fingerprint density at radius 1 is 1.32 bits per heavy atom. The fourth-order valence-electron chi connectivity index (χ4n) is 3.41. The van der Waals surface area contributed by atoms with Crippen LogP contribution in [0.3, 0.4) is 0 Å². The van der Waals surface area contributed by atoms with Crippen LogP contribution in [0.25, 0.3) is 0 Å². The Labute approximate surface area is 148 Å². The number of halogens is 1. The van der Waals surface area contributed by atoms with Crippen molar-refractivity contribution in [2.24, 2.45) is 5.92 Å². The molecule has 0 saturated carbocycles. The summed E-state index contributed by atoms with van der Waals surface area (Å²) in [5, 5.41) is 6.16. The first-order valence-electron chi connectivity index (χ1n) is 9.24. The molecule has 0 unspecified atom stereocenters. The molecule has 2 fully saturated rings. The Kier molecular flexibility index (Phi) is 6.64. The summed E-state index contributed by atoms with van der Waals surface area (Å²) in [6.45, 7) is 3.91. The molecule has 1 atom stereocenters. The Morgan fingerprint density at radius 2 is 2.16 bits per heavy atom. The molecule has 0 aromatic heterocycles. The molecule has 1 aromatic rings. The number of hydrogen-bond donors (Lipinski definition) is 2. The third kappa shape index (κ3) is 5.41. The van der Waals surface area contributed by atoms with Crippen LogP contribution in [-0.2, 0) is 4.74 Å². The first-order chi connectivity index (χ1) is 12.2. The monoisotopic (exact) mass is 350 g/mol. The highest BCUT2D eigenvalue weighted by Gasteiger charge is 2.20. The number of nitrogens with one attached hydrogen (secondary N) is 2. The average molecular weight is 350 g/mol. The van der Waals surface area contributed by atoms with Gasteiger partial charge in [-0.25, -0.2) is 4.39 Å². The van der Waals surface area contributed by atoms with Crippen LogP contribution in [0, 0.1) is 11.7 Å². The highest BCUT2D eigenvalue weighted by Crippen LogP contribution is 2.20. The van der Waals surface area contributed by atoms with Crippen LogP contribution in [-0.4, -0.2) is 44.9 Å². The van der Waals surface area contributed by atoms with Gasteiger partial charge >= 0.3 is 0 Å². The molecule has 5 nitrogen and oxygen atoms in total. The largest absolute Gasteiger partial charge is 0.493 e. The molecule has 0 aliphatic carbocycles. The van der Waals surface area contributed by atoms with Crippen molar-refractivity contribution in [2.45, 2.75) is 38.1 Å². The normalized spacial score (nSPS) is 21.2. The van der Waals surface area contributed by atoms with Crippen LogP contribution >= 0.6 is 0 Å². The average Bonchev–Trinajstić information content (AvgIpc) is 3.12. The van der Waals surface area contributed by atoms with E-state index in [1.165, 1.54) is 25.0 Å². The smallest absolute Gasteiger partial charge is 0.254 e. The van der Waals surface area contributed by atoms with E-state index in [-0.39, 0.29) is 11.6 Å². The van der Waals surface area contributed by atoms with Crippen LogP contribution in [0.4, 0.5) is 4.39 Å². The third-order valence-electron chi connectivity index (χ3n) is 4.93. The first kappa shape index (κ1) is 18.1. The van der Waals surface area contributed by atoms with E-state index in [2.05, 4.69) is 10.6 Å². The van der Waals surface area contributed by atoms with Crippen molar-refractivity contribution >= 4 is 5.91 Å². The van der Waals surface area contributed by atoms with Gasteiger partial charge in [0.05, 0.1) is 24.8 Å². The van der Waals surface area contributed by atoms with E-state index in [0.29, 0.717) is 25.6 Å². The molecule has 1 aromatic carbocycles. The maximum Gasteiger partial charge on any atom is 0.254 e. The Hall–Kier alpha value is -1.66. The molecule has 3 rings (SSSR count). The van der Waals surface area contributed by atoms with Gasteiger partial charge in [-0.05, 0) is 63.2 Å². The Bertz CT molecular complexity index is 570. The Balaban J connectivity index is 1.43. The number of rotatable bonds is 7. The predicted molar refractivity (Wildman–Crippen MR) is 93.4 cm³/mol. The third-order valence-corrected chi connectivity index (χ3v) is 4.93. The molecule has 1 amide bonds. The summed E-state index contributed by atoms with van der Waals surface area (Å²) < 4.78 is 25.0. The van der Waals surface area contributed by atoms with Crippen molar-refractivity contribution in [1.29, 1.82) is 0 Å². The van der Waals surface area contributed by atoms with Crippen LogP contribution in [0.2, 0.25) is 0 Å². The van der Waals surface area contributed by atoms with Gasteiger partial charge in [-0.15, -0.1) is 0 Å². The van der Waals surface area contributed by atoms with Gasteiger partial charge in [0, 0.05) is 12.7 Å². The highest BCUT2D eigenvalue weighted by atomic mass is 19.1. The molecule has 2 heterocycles. The molecule has 2 N–H and O–H groups in total. The molecular weight excluding hydrogens is 323 g/mol. The highest BCUT2D eigenvalue weighted by molar-refractivity contribution is 5.94. The number of benzene rings is 1. The van der Waals surface area contributed by atoms with E-state index >= 15 is 0 Å².